The van der Waals surface area contributed by atoms with E-state index in [1.807, 2.05) is 59.1 Å². The van der Waals surface area contributed by atoms with E-state index in [2.05, 4.69) is 20.2 Å². The van der Waals surface area contributed by atoms with Gasteiger partial charge < -0.3 is 15.1 Å². The minimum Gasteiger partial charge on any atom is -0.354 e. The number of amides is 1. The molecule has 6 nitrogen and oxygen atoms in total. The predicted octanol–water partition coefficient (Wildman–Crippen LogP) is 3.12. The van der Waals surface area contributed by atoms with Gasteiger partial charge in [-0.3, -0.25) is 4.79 Å². The third-order valence-electron chi connectivity index (χ3n) is 4.01. The average Bonchev–Trinajstić information content (AvgIpc) is 2.59. The van der Waals surface area contributed by atoms with Crippen LogP contribution in [0.4, 0.5) is 11.6 Å². The number of nitrogens with zero attached hydrogens (tertiary/aromatic N) is 4. The number of aryl methyl sites for hydroxylation is 2. The fourth-order valence-corrected chi connectivity index (χ4v) is 2.73. The number of carbonyl (C=O) groups is 1. The first-order valence-corrected chi connectivity index (χ1v) is 9.03. The maximum absolute atomic E-state index is 13.0. The van der Waals surface area contributed by atoms with Crippen LogP contribution >= 0.6 is 0 Å². The van der Waals surface area contributed by atoms with E-state index in [4.69, 9.17) is 0 Å². The Balaban J connectivity index is 2.16. The molecule has 0 saturated heterocycles. The van der Waals surface area contributed by atoms with Crippen LogP contribution in [0.2, 0.25) is 0 Å². The maximum Gasteiger partial charge on any atom is 0.277 e. The summed E-state index contributed by atoms with van der Waals surface area (Å²) in [5.74, 6) is 0.396. The lowest BCUT2D eigenvalue weighted by Crippen LogP contribution is -2.31. The standard InChI is InChI=1S/C20H29N5O/c1-6-25(17-10-7-9-15(2)13-17)19(26)18-14-16(3)22-20(23-18)21-11-8-12-24(4)5/h7,9-10,13-14H,6,8,11-12H2,1-5H3,(H,21,22,23). The normalized spacial score (nSPS) is 10.8. The zero-order chi connectivity index (χ0) is 19.1. The molecular weight excluding hydrogens is 326 g/mol. The Morgan fingerprint density at radius 3 is 2.58 bits per heavy atom. The van der Waals surface area contributed by atoms with Crippen molar-refractivity contribution in [3.05, 3.63) is 47.3 Å². The van der Waals surface area contributed by atoms with Crippen LogP contribution in [-0.4, -0.2) is 54.5 Å². The molecule has 6 heteroatoms. The number of anilines is 2. The fourth-order valence-electron chi connectivity index (χ4n) is 2.73. The van der Waals surface area contributed by atoms with Crippen molar-refractivity contribution in [3.8, 4) is 0 Å². The van der Waals surface area contributed by atoms with Gasteiger partial charge in [0.2, 0.25) is 5.95 Å². The Bertz CT molecular complexity index is 745. The molecule has 1 amide bonds. The number of hydrogen-bond acceptors (Lipinski definition) is 5. The molecule has 26 heavy (non-hydrogen) atoms. The van der Waals surface area contributed by atoms with Crippen molar-refractivity contribution in [2.75, 3.05) is 43.9 Å². The molecule has 0 bridgehead atoms. The highest BCUT2D eigenvalue weighted by Gasteiger charge is 2.19. The van der Waals surface area contributed by atoms with E-state index in [-0.39, 0.29) is 5.91 Å². The molecule has 0 aliphatic carbocycles. The second kappa shape index (κ2) is 9.29. The molecule has 0 aliphatic heterocycles. The van der Waals surface area contributed by atoms with Gasteiger partial charge in [-0.1, -0.05) is 12.1 Å². The first-order chi connectivity index (χ1) is 12.4. The number of benzene rings is 1. The van der Waals surface area contributed by atoms with Gasteiger partial charge in [-0.25, -0.2) is 9.97 Å². The highest BCUT2D eigenvalue weighted by atomic mass is 16.2. The third kappa shape index (κ3) is 5.52. The number of hydrogen-bond donors (Lipinski definition) is 1. The van der Waals surface area contributed by atoms with Gasteiger partial charge in [0.1, 0.15) is 5.69 Å². The molecule has 2 aromatic rings. The van der Waals surface area contributed by atoms with E-state index in [0.717, 1.165) is 36.5 Å². The van der Waals surface area contributed by atoms with Crippen molar-refractivity contribution in [1.29, 1.82) is 0 Å². The molecule has 1 heterocycles. The van der Waals surface area contributed by atoms with E-state index in [1.165, 1.54) is 0 Å². The summed E-state index contributed by atoms with van der Waals surface area (Å²) in [6.07, 6.45) is 0.984. The topological polar surface area (TPSA) is 61.4 Å². The Kier molecular flexibility index (Phi) is 7.09. The smallest absolute Gasteiger partial charge is 0.277 e. The van der Waals surface area contributed by atoms with Gasteiger partial charge in [-0.05, 0) is 71.6 Å². The number of nitrogens with one attached hydrogen (secondary N) is 1. The van der Waals surface area contributed by atoms with Gasteiger partial charge in [0.25, 0.3) is 5.91 Å². The molecule has 0 atom stereocenters. The molecule has 0 aliphatic rings. The minimum atomic E-state index is -0.111. The SMILES string of the molecule is CCN(C(=O)c1cc(C)nc(NCCCN(C)C)n1)c1cccc(C)c1. The van der Waals surface area contributed by atoms with Crippen LogP contribution in [0.25, 0.3) is 0 Å². The molecule has 1 N–H and O–H groups in total. The molecule has 0 saturated carbocycles. The van der Waals surface area contributed by atoms with Crippen LogP contribution in [0.1, 0.15) is 35.1 Å². The predicted molar refractivity (Wildman–Crippen MR) is 107 cm³/mol. The van der Waals surface area contributed by atoms with Crippen molar-refractivity contribution in [2.45, 2.75) is 27.2 Å². The first-order valence-electron chi connectivity index (χ1n) is 9.03. The molecule has 0 unspecified atom stereocenters. The van der Waals surface area contributed by atoms with Gasteiger partial charge in [0.05, 0.1) is 0 Å². The van der Waals surface area contributed by atoms with Crippen molar-refractivity contribution in [1.82, 2.24) is 14.9 Å². The lowest BCUT2D eigenvalue weighted by Gasteiger charge is -2.21. The molecule has 0 spiro atoms. The first kappa shape index (κ1) is 19.8. The molecule has 2 rings (SSSR count). The van der Waals surface area contributed by atoms with Gasteiger partial charge in [0, 0.05) is 24.5 Å². The summed E-state index contributed by atoms with van der Waals surface area (Å²) in [4.78, 5) is 25.7. The monoisotopic (exact) mass is 355 g/mol. The van der Waals surface area contributed by atoms with E-state index in [0.29, 0.717) is 18.2 Å². The summed E-state index contributed by atoms with van der Waals surface area (Å²) in [5, 5.41) is 3.22. The third-order valence-corrected chi connectivity index (χ3v) is 4.01. The van der Waals surface area contributed by atoms with Crippen molar-refractivity contribution in [3.63, 3.8) is 0 Å². The molecule has 1 aromatic heterocycles. The van der Waals surface area contributed by atoms with E-state index in [1.54, 1.807) is 11.0 Å². The largest absolute Gasteiger partial charge is 0.354 e. The summed E-state index contributed by atoms with van der Waals surface area (Å²) in [5.41, 5.74) is 3.19. The maximum atomic E-state index is 13.0. The highest BCUT2D eigenvalue weighted by molar-refractivity contribution is 6.05. The summed E-state index contributed by atoms with van der Waals surface area (Å²) in [7, 11) is 4.09. The highest BCUT2D eigenvalue weighted by Crippen LogP contribution is 2.18. The summed E-state index contributed by atoms with van der Waals surface area (Å²) >= 11 is 0. The molecule has 0 fully saturated rings. The van der Waals surface area contributed by atoms with Crippen molar-refractivity contribution in [2.24, 2.45) is 0 Å². The van der Waals surface area contributed by atoms with Gasteiger partial charge in [-0.15, -0.1) is 0 Å². The van der Waals surface area contributed by atoms with Gasteiger partial charge >= 0.3 is 0 Å². The molecule has 140 valence electrons. The summed E-state index contributed by atoms with van der Waals surface area (Å²) < 4.78 is 0. The Labute approximate surface area is 156 Å². The fraction of sp³-hybridized carbons (Fsp3) is 0.450. The lowest BCUT2D eigenvalue weighted by atomic mass is 10.2. The number of aromatic nitrogens is 2. The molecule has 1 aromatic carbocycles. The minimum absolute atomic E-state index is 0.111. The number of carbonyl (C=O) groups excluding carboxylic acids is 1. The summed E-state index contributed by atoms with van der Waals surface area (Å²) in [6.45, 7) is 8.21. The van der Waals surface area contributed by atoms with E-state index >= 15 is 0 Å². The van der Waals surface area contributed by atoms with Crippen LogP contribution in [0.5, 0.6) is 0 Å². The van der Waals surface area contributed by atoms with Crippen LogP contribution in [0.15, 0.2) is 30.3 Å². The van der Waals surface area contributed by atoms with Gasteiger partial charge in [-0.2, -0.15) is 0 Å². The zero-order valence-corrected chi connectivity index (χ0v) is 16.4. The quantitative estimate of drug-likeness (QED) is 0.737. The van der Waals surface area contributed by atoms with Crippen molar-refractivity contribution >= 4 is 17.5 Å². The number of rotatable bonds is 8. The van der Waals surface area contributed by atoms with E-state index < -0.39 is 0 Å². The second-order valence-corrected chi connectivity index (χ2v) is 6.69. The second-order valence-electron chi connectivity index (χ2n) is 6.69. The molecule has 0 radical (unpaired) electrons. The average molecular weight is 355 g/mol. The van der Waals surface area contributed by atoms with Crippen molar-refractivity contribution < 1.29 is 4.79 Å². The van der Waals surface area contributed by atoms with Crippen LogP contribution < -0.4 is 10.2 Å². The Morgan fingerprint density at radius 2 is 1.92 bits per heavy atom. The van der Waals surface area contributed by atoms with Crippen LogP contribution in [0.3, 0.4) is 0 Å². The van der Waals surface area contributed by atoms with Crippen LogP contribution in [-0.2, 0) is 0 Å². The van der Waals surface area contributed by atoms with Crippen LogP contribution in [0, 0.1) is 13.8 Å². The Morgan fingerprint density at radius 1 is 1.15 bits per heavy atom. The summed E-state index contributed by atoms with van der Waals surface area (Å²) in [6, 6.07) is 9.68. The van der Waals surface area contributed by atoms with Gasteiger partial charge in [0.15, 0.2) is 0 Å². The molecular formula is C20H29N5O. The Hall–Kier alpha value is -2.47. The zero-order valence-electron chi connectivity index (χ0n) is 16.4. The lowest BCUT2D eigenvalue weighted by molar-refractivity contribution is 0.0983. The van der Waals surface area contributed by atoms with E-state index in [9.17, 15) is 4.79 Å².